The van der Waals surface area contributed by atoms with Gasteiger partial charge in [0.05, 0.1) is 17.6 Å². The summed E-state index contributed by atoms with van der Waals surface area (Å²) in [6, 6.07) is 9.11. The van der Waals surface area contributed by atoms with Gasteiger partial charge in [-0.25, -0.2) is 19.2 Å². The van der Waals surface area contributed by atoms with E-state index in [2.05, 4.69) is 11.5 Å². The van der Waals surface area contributed by atoms with Crippen LogP contribution in [0.15, 0.2) is 40.8 Å². The number of aromatic nitrogens is 4. The number of fused-ring (bicyclic) bond motifs is 12. The summed E-state index contributed by atoms with van der Waals surface area (Å²) in [5, 5.41) is 11.6. The Morgan fingerprint density at radius 1 is 1.10 bits per heavy atom. The normalized spacial score (nSPS) is 23.9. The van der Waals surface area contributed by atoms with Gasteiger partial charge in [-0.1, -0.05) is 18.5 Å². The molecular weight excluding hydrogens is 643 g/mol. The first-order chi connectivity index (χ1) is 23.2. The highest BCUT2D eigenvalue weighted by atomic mass is 35.5. The van der Waals surface area contributed by atoms with Crippen LogP contribution in [0.2, 0.25) is 5.02 Å². The van der Waals surface area contributed by atoms with Crippen LogP contribution in [0.3, 0.4) is 0 Å². The van der Waals surface area contributed by atoms with Crippen molar-refractivity contribution in [1.29, 1.82) is 0 Å². The summed E-state index contributed by atoms with van der Waals surface area (Å²) in [4.78, 5) is 43.9. The Bertz CT molecular complexity index is 2070. The van der Waals surface area contributed by atoms with Gasteiger partial charge in [0, 0.05) is 55.1 Å². The number of aliphatic carboxylic acids is 1. The molecule has 3 aromatic heterocycles. The standard InChI is InChI=1S/C34H34ClFN6O6/c1-18-15-40-10-9-24(18)42-25-8-5-19(35)12-23(25)37-34(42)47-21-14-26(33(44)45)41(16-21)32-31-30(22-7-6-20(36)13-27(22)48-31)38-28(39-32)4-2-3-11-46-17-29(40)43/h5-8,12-13,18,21,24,26H,2-4,9-11,14-17H2,1H3,(H,44,45)/t18-,21-,24-,26-/m0/s1. The molecule has 14 heteroatoms. The molecule has 1 N–H and O–H groups in total. The van der Waals surface area contributed by atoms with Gasteiger partial charge in [-0.3, -0.25) is 9.36 Å². The molecule has 2 saturated heterocycles. The Morgan fingerprint density at radius 3 is 2.81 bits per heavy atom. The minimum Gasteiger partial charge on any atom is -0.480 e. The number of carbonyl (C=O) groups is 2. The number of halogens is 2. The highest BCUT2D eigenvalue weighted by Gasteiger charge is 2.42. The van der Waals surface area contributed by atoms with Crippen LogP contribution in [0.5, 0.6) is 6.01 Å². The van der Waals surface area contributed by atoms with E-state index >= 15 is 0 Å². The van der Waals surface area contributed by atoms with Crippen LogP contribution in [0.25, 0.3) is 33.1 Å². The fraction of sp³-hybridized carbons (Fsp3) is 0.441. The van der Waals surface area contributed by atoms with Crippen molar-refractivity contribution in [3.8, 4) is 6.01 Å². The molecule has 0 unspecified atom stereocenters. The Balaban J connectivity index is 1.23. The SMILES string of the molecule is C[C@H]1CN2CC[C@@H]1n1c(nc3cc(Cl)ccc31)O[C@H]1C[C@@H](C(=O)O)N(C1)c1nc(nc3c1oc1cc(F)ccc13)CCCCOCC2=O. The lowest BCUT2D eigenvalue weighted by molar-refractivity contribution is -0.139. The minimum absolute atomic E-state index is 0.00957. The molecule has 1 amide bonds. The molecule has 2 fully saturated rings. The quantitative estimate of drug-likeness (QED) is 0.246. The van der Waals surface area contributed by atoms with Crippen LogP contribution >= 0.6 is 11.6 Å². The molecule has 4 aliphatic heterocycles. The fourth-order valence-electron chi connectivity index (χ4n) is 7.39. The number of ether oxygens (including phenoxy) is 2. The van der Waals surface area contributed by atoms with E-state index in [4.69, 9.17) is 40.4 Å². The first-order valence-corrected chi connectivity index (χ1v) is 16.7. The van der Waals surface area contributed by atoms with Crippen molar-refractivity contribution in [3.05, 3.63) is 53.1 Å². The molecule has 5 aromatic rings. The van der Waals surface area contributed by atoms with Crippen LogP contribution < -0.4 is 9.64 Å². The summed E-state index contributed by atoms with van der Waals surface area (Å²) >= 11 is 6.36. The number of nitrogens with zero attached hydrogens (tertiary/aromatic N) is 6. The van der Waals surface area contributed by atoms with Crippen molar-refractivity contribution in [2.24, 2.45) is 5.92 Å². The molecule has 4 aliphatic rings. The van der Waals surface area contributed by atoms with Crippen LogP contribution in [0.4, 0.5) is 10.2 Å². The third kappa shape index (κ3) is 5.48. The molecule has 12 nitrogen and oxygen atoms in total. The van der Waals surface area contributed by atoms with Gasteiger partial charge in [-0.15, -0.1) is 0 Å². The number of carboxylic acid groups (broad SMARTS) is 1. The maximum atomic E-state index is 14.2. The Labute approximate surface area is 279 Å². The minimum atomic E-state index is -1.03. The fourth-order valence-corrected chi connectivity index (χ4v) is 7.55. The molecule has 9 rings (SSSR count). The average Bonchev–Trinajstić information content (AvgIpc) is 3.74. The lowest BCUT2D eigenvalue weighted by Gasteiger charge is -2.38. The molecular formula is C34H34ClFN6O6. The number of aryl methyl sites for hydroxylation is 1. The maximum Gasteiger partial charge on any atom is 0.326 e. The van der Waals surface area contributed by atoms with Gasteiger partial charge in [0.25, 0.3) is 6.01 Å². The van der Waals surface area contributed by atoms with Crippen molar-refractivity contribution in [1.82, 2.24) is 24.4 Å². The van der Waals surface area contributed by atoms with E-state index in [1.807, 2.05) is 17.0 Å². The number of anilines is 1. The molecule has 4 atom stereocenters. The lowest BCUT2D eigenvalue weighted by Crippen LogP contribution is -2.45. The number of amides is 1. The molecule has 0 radical (unpaired) electrons. The van der Waals surface area contributed by atoms with Crippen molar-refractivity contribution in [2.45, 2.75) is 57.2 Å². The van der Waals surface area contributed by atoms with Gasteiger partial charge >= 0.3 is 5.97 Å². The van der Waals surface area contributed by atoms with Crippen molar-refractivity contribution >= 4 is 62.4 Å². The lowest BCUT2D eigenvalue weighted by atomic mass is 9.93. The number of benzene rings is 2. The number of piperidine rings is 1. The summed E-state index contributed by atoms with van der Waals surface area (Å²) in [5.74, 6) is -0.636. The molecule has 250 valence electrons. The first kappa shape index (κ1) is 30.8. The second-order valence-electron chi connectivity index (χ2n) is 12.9. The third-order valence-corrected chi connectivity index (χ3v) is 9.96. The number of hydrogen-bond donors (Lipinski definition) is 1. The third-order valence-electron chi connectivity index (χ3n) is 9.72. The Hall–Kier alpha value is -4.49. The number of carbonyl (C=O) groups excluding carboxylic acids is 1. The Kier molecular flexibility index (Phi) is 7.83. The molecule has 0 spiro atoms. The van der Waals surface area contributed by atoms with E-state index in [1.165, 1.54) is 12.1 Å². The van der Waals surface area contributed by atoms with Crippen LogP contribution in [0, 0.1) is 11.7 Å². The first-order valence-electron chi connectivity index (χ1n) is 16.3. The zero-order valence-corrected chi connectivity index (χ0v) is 27.0. The van der Waals surface area contributed by atoms with Crippen LogP contribution in [-0.2, 0) is 20.7 Å². The smallest absolute Gasteiger partial charge is 0.326 e. The van der Waals surface area contributed by atoms with Gasteiger partial charge in [-0.05, 0) is 55.5 Å². The van der Waals surface area contributed by atoms with E-state index in [0.717, 1.165) is 5.52 Å². The van der Waals surface area contributed by atoms with Gasteiger partial charge in [0.15, 0.2) is 11.4 Å². The molecule has 0 aliphatic carbocycles. The monoisotopic (exact) mass is 676 g/mol. The largest absolute Gasteiger partial charge is 0.480 e. The number of carboxylic acids is 1. The highest BCUT2D eigenvalue weighted by Crippen LogP contribution is 2.40. The predicted octanol–water partition coefficient (Wildman–Crippen LogP) is 5.39. The number of hydrogen-bond acceptors (Lipinski definition) is 9. The summed E-state index contributed by atoms with van der Waals surface area (Å²) in [5.41, 5.74) is 2.58. The Morgan fingerprint density at radius 2 is 1.98 bits per heavy atom. The molecule has 0 saturated carbocycles. The predicted molar refractivity (Wildman–Crippen MR) is 175 cm³/mol. The van der Waals surface area contributed by atoms with Gasteiger partial charge in [0.2, 0.25) is 5.91 Å². The van der Waals surface area contributed by atoms with Crippen LogP contribution in [-0.4, -0.2) is 86.4 Å². The molecule has 48 heavy (non-hydrogen) atoms. The summed E-state index contributed by atoms with van der Waals surface area (Å²) in [6.07, 6.45) is 2.12. The molecule has 6 bridgehead atoms. The van der Waals surface area contributed by atoms with Crippen LogP contribution in [0.1, 0.15) is 44.5 Å². The second kappa shape index (κ2) is 12.2. The summed E-state index contributed by atoms with van der Waals surface area (Å²) in [6.45, 7) is 3.83. The number of imidazole rings is 1. The van der Waals surface area contributed by atoms with Gasteiger partial charge < -0.3 is 28.8 Å². The van der Waals surface area contributed by atoms with Crippen molar-refractivity contribution < 1.29 is 33.0 Å². The summed E-state index contributed by atoms with van der Waals surface area (Å²) in [7, 11) is 0. The van der Waals surface area contributed by atoms with Crippen molar-refractivity contribution in [3.63, 3.8) is 0 Å². The topological polar surface area (TPSA) is 136 Å². The van der Waals surface area contributed by atoms with E-state index in [9.17, 15) is 19.1 Å². The van der Waals surface area contributed by atoms with E-state index < -0.39 is 23.9 Å². The second-order valence-corrected chi connectivity index (χ2v) is 13.4. The van der Waals surface area contributed by atoms with E-state index in [1.54, 1.807) is 17.0 Å². The van der Waals surface area contributed by atoms with Gasteiger partial charge in [-0.2, -0.15) is 4.98 Å². The van der Waals surface area contributed by atoms with E-state index in [-0.39, 0.29) is 43.0 Å². The number of rotatable bonds is 1. The number of furan rings is 1. The van der Waals surface area contributed by atoms with E-state index in [0.29, 0.717) is 90.1 Å². The zero-order chi connectivity index (χ0) is 33.1. The van der Waals surface area contributed by atoms with Crippen molar-refractivity contribution in [2.75, 3.05) is 37.7 Å². The summed E-state index contributed by atoms with van der Waals surface area (Å²) < 4.78 is 34.8. The molecule has 7 heterocycles. The zero-order valence-electron chi connectivity index (χ0n) is 26.3. The average molecular weight is 677 g/mol. The molecule has 2 aromatic carbocycles. The van der Waals surface area contributed by atoms with Gasteiger partial charge in [0.1, 0.15) is 41.5 Å². The highest BCUT2D eigenvalue weighted by molar-refractivity contribution is 6.31. The maximum absolute atomic E-state index is 14.2.